The molecule has 5 nitrogen and oxygen atoms in total. The van der Waals surface area contributed by atoms with Crippen LogP contribution in [0.15, 0.2) is 64.0 Å². The molecule has 0 aliphatic carbocycles. The molecule has 3 aromatic rings. The second-order valence-corrected chi connectivity index (χ2v) is 10.2. The molecule has 0 bridgehead atoms. The Bertz CT molecular complexity index is 1240. The predicted molar refractivity (Wildman–Crippen MR) is 146 cm³/mol. The number of thioether (sulfide) groups is 2. The van der Waals surface area contributed by atoms with Crippen molar-refractivity contribution in [2.24, 2.45) is 0 Å². The summed E-state index contributed by atoms with van der Waals surface area (Å²) in [4.78, 5) is 3.53. The number of rotatable bonds is 11. The van der Waals surface area contributed by atoms with E-state index in [0.717, 1.165) is 34.5 Å². The number of fused-ring (bicyclic) bond motifs is 1. The van der Waals surface area contributed by atoms with Crippen LogP contribution >= 0.6 is 23.5 Å². The molecule has 0 radical (unpaired) electrons. The van der Waals surface area contributed by atoms with E-state index in [0.29, 0.717) is 0 Å². The molecule has 1 aromatic carbocycles. The van der Waals surface area contributed by atoms with Crippen molar-refractivity contribution in [3.05, 3.63) is 70.0 Å². The second kappa shape index (κ2) is 12.3. The summed E-state index contributed by atoms with van der Waals surface area (Å²) in [5, 5.41) is 18.1. The van der Waals surface area contributed by atoms with Gasteiger partial charge in [0.1, 0.15) is 0 Å². The average Bonchev–Trinajstić information content (AvgIpc) is 3.55. The lowest BCUT2D eigenvalue weighted by Crippen LogP contribution is -2.13. The van der Waals surface area contributed by atoms with Crippen molar-refractivity contribution < 1.29 is 0 Å². The molecule has 0 saturated carbocycles. The first-order valence-electron chi connectivity index (χ1n) is 12.1. The SMILES string of the molecule is CCCCCCCCN1C=CS\C1=C/C=C/C=c1/c(C)nn2c(-c3ccccc3SC)nnc12. The normalized spacial score (nSPS) is 15.7. The molecule has 1 aliphatic heterocycles. The summed E-state index contributed by atoms with van der Waals surface area (Å²) < 4.78 is 1.86. The van der Waals surface area contributed by atoms with Gasteiger partial charge in [0.2, 0.25) is 0 Å². The van der Waals surface area contributed by atoms with Gasteiger partial charge in [-0.2, -0.15) is 9.61 Å². The minimum absolute atomic E-state index is 0.785. The maximum atomic E-state index is 4.73. The van der Waals surface area contributed by atoms with Crippen molar-refractivity contribution in [1.82, 2.24) is 24.7 Å². The molecule has 0 N–H and O–H groups in total. The van der Waals surface area contributed by atoms with Crippen molar-refractivity contribution in [2.45, 2.75) is 57.3 Å². The molecule has 0 spiro atoms. The lowest BCUT2D eigenvalue weighted by atomic mass is 10.1. The topological polar surface area (TPSA) is 46.3 Å². The molecule has 0 unspecified atom stereocenters. The van der Waals surface area contributed by atoms with Gasteiger partial charge in [0.25, 0.3) is 0 Å². The Morgan fingerprint density at radius 3 is 2.65 bits per heavy atom. The largest absolute Gasteiger partial charge is 0.342 e. The Morgan fingerprint density at radius 2 is 1.79 bits per heavy atom. The van der Waals surface area contributed by atoms with Crippen LogP contribution in [0, 0.1) is 6.92 Å². The molecule has 0 amide bonds. The monoisotopic (exact) mass is 491 g/mol. The number of aryl methyl sites for hydroxylation is 1. The van der Waals surface area contributed by atoms with Crippen molar-refractivity contribution in [3.63, 3.8) is 0 Å². The highest BCUT2D eigenvalue weighted by Crippen LogP contribution is 2.30. The third kappa shape index (κ3) is 5.76. The Kier molecular flexibility index (Phi) is 8.88. The van der Waals surface area contributed by atoms with E-state index < -0.39 is 0 Å². The maximum Gasteiger partial charge on any atom is 0.187 e. The molecule has 0 fully saturated rings. The Morgan fingerprint density at radius 1 is 1.00 bits per heavy atom. The number of allylic oxidation sites excluding steroid dienone is 3. The third-order valence-electron chi connectivity index (χ3n) is 5.95. The molecular weight excluding hydrogens is 458 g/mol. The second-order valence-electron chi connectivity index (χ2n) is 8.38. The van der Waals surface area contributed by atoms with Gasteiger partial charge in [-0.05, 0) is 49.3 Å². The molecule has 4 rings (SSSR count). The standard InChI is InChI=1S/C27H33N5S2/c1-4-5-6-7-8-13-18-31-19-20-34-25(31)17-12-10-14-22-21(2)30-32-26(22)28-29-27(32)23-15-9-11-16-24(23)33-3/h9-12,14-17,19-20H,4-8,13,18H2,1-3H3/b12-10+,22-14-,25-17-. The van der Waals surface area contributed by atoms with Crippen LogP contribution in [0.4, 0.5) is 0 Å². The molecule has 7 heteroatoms. The quantitative estimate of drug-likeness (QED) is 0.222. The molecule has 1 aliphatic rings. The first-order valence-corrected chi connectivity index (χ1v) is 14.2. The molecule has 3 heterocycles. The van der Waals surface area contributed by atoms with Gasteiger partial charge < -0.3 is 4.90 Å². The van der Waals surface area contributed by atoms with E-state index in [1.165, 1.54) is 48.4 Å². The van der Waals surface area contributed by atoms with Crippen LogP contribution in [0.1, 0.15) is 51.1 Å². The Balaban J connectivity index is 1.45. The van der Waals surface area contributed by atoms with Gasteiger partial charge in [0, 0.05) is 28.4 Å². The van der Waals surface area contributed by atoms with E-state index in [9.17, 15) is 0 Å². The van der Waals surface area contributed by atoms with Crippen LogP contribution < -0.4 is 5.22 Å². The summed E-state index contributed by atoms with van der Waals surface area (Å²) in [6.45, 7) is 5.38. The Hall–Kier alpha value is -2.51. The summed E-state index contributed by atoms with van der Waals surface area (Å²) in [7, 11) is 0. The number of nitrogens with zero attached hydrogens (tertiary/aromatic N) is 5. The Labute approximate surface area is 211 Å². The van der Waals surface area contributed by atoms with Crippen LogP contribution in [0.2, 0.25) is 0 Å². The fourth-order valence-corrected chi connectivity index (χ4v) is 5.47. The highest BCUT2D eigenvalue weighted by Gasteiger charge is 2.15. The van der Waals surface area contributed by atoms with Crippen LogP contribution in [-0.4, -0.2) is 37.5 Å². The number of unbranched alkanes of at least 4 members (excludes halogenated alkanes) is 5. The van der Waals surface area contributed by atoms with Crippen LogP contribution in [0.25, 0.3) is 23.1 Å². The third-order valence-corrected chi connectivity index (χ3v) is 7.61. The molecule has 2 aromatic heterocycles. The van der Waals surface area contributed by atoms with Crippen LogP contribution in [-0.2, 0) is 0 Å². The van der Waals surface area contributed by atoms with Crippen molar-refractivity contribution in [3.8, 4) is 11.4 Å². The molecule has 34 heavy (non-hydrogen) atoms. The van der Waals surface area contributed by atoms with E-state index in [-0.39, 0.29) is 0 Å². The average molecular weight is 492 g/mol. The van der Waals surface area contributed by atoms with Gasteiger partial charge >= 0.3 is 0 Å². The fourth-order valence-electron chi connectivity index (χ4n) is 4.09. The highest BCUT2D eigenvalue weighted by molar-refractivity contribution is 8.06. The van der Waals surface area contributed by atoms with E-state index in [2.05, 4.69) is 76.3 Å². The van der Waals surface area contributed by atoms with Crippen molar-refractivity contribution in [1.29, 1.82) is 0 Å². The summed E-state index contributed by atoms with van der Waals surface area (Å²) in [5.74, 6) is 0.785. The minimum Gasteiger partial charge on any atom is -0.342 e. The molecule has 0 saturated heterocycles. The van der Waals surface area contributed by atoms with Gasteiger partial charge in [0.05, 0.1) is 10.7 Å². The van der Waals surface area contributed by atoms with E-state index >= 15 is 0 Å². The zero-order chi connectivity index (χ0) is 23.8. The van der Waals surface area contributed by atoms with Crippen molar-refractivity contribution in [2.75, 3.05) is 12.8 Å². The summed E-state index contributed by atoms with van der Waals surface area (Å²) in [5.41, 5.74) is 2.80. The lowest BCUT2D eigenvalue weighted by Gasteiger charge is -2.16. The molecule has 0 atom stereocenters. The summed E-state index contributed by atoms with van der Waals surface area (Å²) in [6, 6.07) is 8.25. The molecular formula is C27H33N5S2. The first-order chi connectivity index (χ1) is 16.7. The highest BCUT2D eigenvalue weighted by atomic mass is 32.2. The van der Waals surface area contributed by atoms with Gasteiger partial charge in [-0.3, -0.25) is 0 Å². The van der Waals surface area contributed by atoms with Gasteiger partial charge in [0.15, 0.2) is 11.5 Å². The summed E-state index contributed by atoms with van der Waals surface area (Å²) >= 11 is 3.49. The maximum absolute atomic E-state index is 4.73. The number of hydrogen-bond donors (Lipinski definition) is 0. The number of hydrogen-bond acceptors (Lipinski definition) is 6. The van der Waals surface area contributed by atoms with E-state index in [1.807, 2.05) is 23.6 Å². The van der Waals surface area contributed by atoms with Crippen molar-refractivity contribution >= 4 is 35.2 Å². The van der Waals surface area contributed by atoms with Crippen LogP contribution in [0.3, 0.4) is 0 Å². The first kappa shape index (κ1) is 24.6. The van der Waals surface area contributed by atoms with E-state index in [4.69, 9.17) is 5.10 Å². The van der Waals surface area contributed by atoms with Gasteiger partial charge in [-0.1, -0.05) is 75.1 Å². The zero-order valence-corrected chi connectivity index (χ0v) is 21.9. The summed E-state index contributed by atoms with van der Waals surface area (Å²) in [6.07, 6.45) is 20.6. The van der Waals surface area contributed by atoms with Gasteiger partial charge in [-0.25, -0.2) is 0 Å². The number of aromatic nitrogens is 4. The smallest absolute Gasteiger partial charge is 0.187 e. The fraction of sp³-hybridized carbons (Fsp3) is 0.370. The minimum atomic E-state index is 0.785. The molecule has 178 valence electrons. The number of benzene rings is 1. The van der Waals surface area contributed by atoms with Crippen LogP contribution in [0.5, 0.6) is 0 Å². The predicted octanol–water partition coefficient (Wildman–Crippen LogP) is 6.60. The van der Waals surface area contributed by atoms with E-state index in [1.54, 1.807) is 23.5 Å². The zero-order valence-electron chi connectivity index (χ0n) is 20.3. The lowest BCUT2D eigenvalue weighted by molar-refractivity contribution is 0.463. The van der Waals surface area contributed by atoms with Gasteiger partial charge in [-0.15, -0.1) is 22.0 Å².